The molecule has 0 bridgehead atoms. The molecule has 2 unspecified atom stereocenters. The van der Waals surface area contributed by atoms with E-state index in [1.807, 2.05) is 7.05 Å². The molecule has 2 aliphatic rings. The summed E-state index contributed by atoms with van der Waals surface area (Å²) in [6.45, 7) is 2.38. The average molecular weight is 470 g/mol. The lowest BCUT2D eigenvalue weighted by Crippen LogP contribution is -2.46. The highest BCUT2D eigenvalue weighted by Crippen LogP contribution is 2.31. The molecule has 180 valence electrons. The summed E-state index contributed by atoms with van der Waals surface area (Å²) in [5.41, 5.74) is 6.23. The highest BCUT2D eigenvalue weighted by atomic mass is 19.1. The van der Waals surface area contributed by atoms with E-state index in [2.05, 4.69) is 21.4 Å². The molecule has 3 N–H and O–H groups in total. The number of piperidine rings is 2. The number of hydrogen-bond donors (Lipinski definition) is 2. The molecule has 1 aromatic heterocycles. The van der Waals surface area contributed by atoms with Crippen molar-refractivity contribution in [2.45, 2.75) is 31.4 Å². The van der Waals surface area contributed by atoms with Gasteiger partial charge in [0, 0.05) is 38.1 Å². The molecule has 0 spiro atoms. The van der Waals surface area contributed by atoms with Crippen molar-refractivity contribution >= 4 is 23.5 Å². The molecule has 0 radical (unpaired) electrons. The molecule has 0 aliphatic carbocycles. The normalized spacial score (nSPS) is 21.6. The van der Waals surface area contributed by atoms with E-state index in [4.69, 9.17) is 10.5 Å². The maximum Gasteiger partial charge on any atom is 0.410 e. The lowest BCUT2D eigenvalue weighted by atomic mass is 9.94. The number of anilines is 2. The standard InChI is InChI=1S/C23H28FN7O3/c1-29-9-6-18(7-10-29)34-23(33)30-11-8-20(15(12-25)13-30)31-14-19(21(26)32)22(28-31)27-17-4-2-16(24)3-5-17/h2-5,14-15,18,20H,6-11,13H2,1H3,(H2,26,32)(H,27,28). The van der Waals surface area contributed by atoms with Crippen LogP contribution in [0, 0.1) is 23.1 Å². The first-order chi connectivity index (χ1) is 16.3. The number of benzene rings is 1. The zero-order chi connectivity index (χ0) is 24.2. The number of carbonyl (C=O) groups is 2. The summed E-state index contributed by atoms with van der Waals surface area (Å²) in [5, 5.41) is 17.2. The Morgan fingerprint density at radius 3 is 2.56 bits per heavy atom. The van der Waals surface area contributed by atoms with Crippen molar-refractivity contribution in [1.29, 1.82) is 5.26 Å². The minimum atomic E-state index is -0.677. The highest BCUT2D eigenvalue weighted by Gasteiger charge is 2.35. The van der Waals surface area contributed by atoms with Gasteiger partial charge in [0.15, 0.2) is 5.82 Å². The van der Waals surface area contributed by atoms with Crippen LogP contribution in [0.4, 0.5) is 20.7 Å². The third-order valence-electron chi connectivity index (χ3n) is 6.38. The van der Waals surface area contributed by atoms with E-state index in [-0.39, 0.29) is 35.9 Å². The van der Waals surface area contributed by atoms with Crippen molar-refractivity contribution in [2.75, 3.05) is 38.5 Å². The minimum Gasteiger partial charge on any atom is -0.446 e. The second-order valence-corrected chi connectivity index (χ2v) is 8.79. The first-order valence-electron chi connectivity index (χ1n) is 11.3. The largest absolute Gasteiger partial charge is 0.446 e. The second-order valence-electron chi connectivity index (χ2n) is 8.79. The molecule has 2 saturated heterocycles. The number of ether oxygens (including phenoxy) is 1. The van der Waals surface area contributed by atoms with E-state index < -0.39 is 17.9 Å². The summed E-state index contributed by atoms with van der Waals surface area (Å²) in [4.78, 5) is 28.5. The average Bonchev–Trinajstić information content (AvgIpc) is 3.25. The van der Waals surface area contributed by atoms with E-state index in [0.29, 0.717) is 18.7 Å². The number of nitrogens with zero attached hydrogens (tertiary/aromatic N) is 5. The number of nitrogens with two attached hydrogens (primary N) is 1. The van der Waals surface area contributed by atoms with Gasteiger partial charge in [0.05, 0.1) is 18.0 Å². The smallest absolute Gasteiger partial charge is 0.410 e. The van der Waals surface area contributed by atoms with Gasteiger partial charge in [-0.1, -0.05) is 0 Å². The van der Waals surface area contributed by atoms with Crippen molar-refractivity contribution in [3.63, 3.8) is 0 Å². The van der Waals surface area contributed by atoms with Crippen molar-refractivity contribution in [3.05, 3.63) is 41.8 Å². The van der Waals surface area contributed by atoms with Crippen molar-refractivity contribution in [3.8, 4) is 6.07 Å². The monoisotopic (exact) mass is 469 g/mol. The van der Waals surface area contributed by atoms with Crippen LogP contribution in [0.2, 0.25) is 0 Å². The number of nitrogens with one attached hydrogen (secondary N) is 1. The summed E-state index contributed by atoms with van der Waals surface area (Å²) in [5.74, 6) is -1.38. The van der Waals surface area contributed by atoms with Crippen LogP contribution < -0.4 is 11.1 Å². The number of hydrogen-bond acceptors (Lipinski definition) is 7. The second kappa shape index (κ2) is 10.1. The van der Waals surface area contributed by atoms with Gasteiger partial charge in [-0.05, 0) is 50.6 Å². The number of halogens is 1. The molecular weight excluding hydrogens is 441 g/mol. The molecule has 11 heteroatoms. The third kappa shape index (κ3) is 5.28. The Balaban J connectivity index is 1.45. The summed E-state index contributed by atoms with van der Waals surface area (Å²) >= 11 is 0. The molecule has 10 nitrogen and oxygen atoms in total. The van der Waals surface area contributed by atoms with E-state index in [1.165, 1.54) is 30.5 Å². The van der Waals surface area contributed by atoms with Crippen molar-refractivity contribution in [2.24, 2.45) is 11.7 Å². The van der Waals surface area contributed by atoms with Crippen LogP contribution >= 0.6 is 0 Å². The molecule has 2 aromatic rings. The van der Waals surface area contributed by atoms with Crippen LogP contribution in [-0.2, 0) is 4.74 Å². The highest BCUT2D eigenvalue weighted by molar-refractivity contribution is 5.98. The Bertz CT molecular complexity index is 1070. The van der Waals surface area contributed by atoms with E-state index >= 15 is 0 Å². The molecule has 0 saturated carbocycles. The molecule has 2 fully saturated rings. The van der Waals surface area contributed by atoms with E-state index in [1.54, 1.807) is 9.58 Å². The van der Waals surface area contributed by atoms with Crippen LogP contribution in [0.15, 0.2) is 30.5 Å². The predicted octanol–water partition coefficient (Wildman–Crippen LogP) is 2.48. The zero-order valence-electron chi connectivity index (χ0n) is 19.0. The lowest BCUT2D eigenvalue weighted by molar-refractivity contribution is 0.0226. The summed E-state index contributed by atoms with van der Waals surface area (Å²) in [6, 6.07) is 7.53. The molecule has 4 rings (SSSR count). The van der Waals surface area contributed by atoms with Crippen molar-refractivity contribution in [1.82, 2.24) is 19.6 Å². The van der Waals surface area contributed by atoms with E-state index in [0.717, 1.165) is 25.9 Å². The van der Waals surface area contributed by atoms with Crippen LogP contribution in [0.3, 0.4) is 0 Å². The van der Waals surface area contributed by atoms with Gasteiger partial charge in [0.2, 0.25) is 0 Å². The van der Waals surface area contributed by atoms with Gasteiger partial charge < -0.3 is 25.6 Å². The molecule has 3 heterocycles. The van der Waals surface area contributed by atoms with Gasteiger partial charge in [0.25, 0.3) is 5.91 Å². The Morgan fingerprint density at radius 2 is 1.91 bits per heavy atom. The number of aromatic nitrogens is 2. The molecular formula is C23H28FN7O3. The van der Waals surface area contributed by atoms with Gasteiger partial charge in [0.1, 0.15) is 17.5 Å². The van der Waals surface area contributed by atoms with Crippen molar-refractivity contribution < 1.29 is 18.7 Å². The predicted molar refractivity (Wildman–Crippen MR) is 122 cm³/mol. The Labute approximate surface area is 197 Å². The van der Waals surface area contributed by atoms with Gasteiger partial charge >= 0.3 is 6.09 Å². The molecule has 1 aromatic carbocycles. The lowest BCUT2D eigenvalue weighted by Gasteiger charge is -2.36. The molecule has 2 aliphatic heterocycles. The number of likely N-dealkylation sites (tertiary alicyclic amines) is 2. The summed E-state index contributed by atoms with van der Waals surface area (Å²) < 4.78 is 20.4. The number of primary amides is 1. The van der Waals surface area contributed by atoms with E-state index in [9.17, 15) is 19.2 Å². The van der Waals surface area contributed by atoms with Crippen LogP contribution in [0.5, 0.6) is 0 Å². The summed E-state index contributed by atoms with van der Waals surface area (Å²) in [7, 11) is 2.04. The zero-order valence-corrected chi connectivity index (χ0v) is 19.0. The van der Waals surface area contributed by atoms with Gasteiger partial charge in [-0.25, -0.2) is 9.18 Å². The minimum absolute atomic E-state index is 0.105. The molecule has 2 atom stereocenters. The Morgan fingerprint density at radius 1 is 1.21 bits per heavy atom. The fraction of sp³-hybridized carbons (Fsp3) is 0.478. The number of carbonyl (C=O) groups excluding carboxylic acids is 2. The van der Waals surface area contributed by atoms with Gasteiger partial charge in [-0.3, -0.25) is 9.48 Å². The Kier molecular flexibility index (Phi) is 6.98. The number of rotatable bonds is 5. The van der Waals surface area contributed by atoms with Gasteiger partial charge in [-0.2, -0.15) is 10.4 Å². The SMILES string of the molecule is CN1CCC(OC(=O)N2CCC(n3cc(C(N)=O)c(Nc4ccc(F)cc4)n3)C(C#N)C2)CC1. The van der Waals surface area contributed by atoms with Crippen LogP contribution in [0.1, 0.15) is 35.7 Å². The third-order valence-corrected chi connectivity index (χ3v) is 6.38. The Hall–Kier alpha value is -3.65. The topological polar surface area (TPSA) is 130 Å². The van der Waals surface area contributed by atoms with Gasteiger partial charge in [-0.15, -0.1) is 0 Å². The number of amides is 2. The fourth-order valence-electron chi connectivity index (χ4n) is 4.37. The first kappa shape index (κ1) is 23.5. The maximum atomic E-state index is 13.2. The fourth-order valence-corrected chi connectivity index (χ4v) is 4.37. The maximum absolute atomic E-state index is 13.2. The van der Waals surface area contributed by atoms with Crippen LogP contribution in [-0.4, -0.2) is 70.9 Å². The molecule has 34 heavy (non-hydrogen) atoms. The quantitative estimate of drug-likeness (QED) is 0.688. The first-order valence-corrected chi connectivity index (χ1v) is 11.3. The van der Waals surface area contributed by atoms with Crippen LogP contribution in [0.25, 0.3) is 0 Å². The number of nitriles is 1. The summed E-state index contributed by atoms with van der Waals surface area (Å²) in [6.07, 6.45) is 3.07. The molecule has 2 amide bonds.